The van der Waals surface area contributed by atoms with E-state index in [1.807, 2.05) is 12.1 Å². The highest BCUT2D eigenvalue weighted by Gasteiger charge is 2.03. The summed E-state index contributed by atoms with van der Waals surface area (Å²) in [5.41, 5.74) is 4.87. The topological polar surface area (TPSA) is 12.0 Å². The number of benzene rings is 3. The zero-order chi connectivity index (χ0) is 14.5. The van der Waals surface area contributed by atoms with Gasteiger partial charge >= 0.3 is 0 Å². The van der Waals surface area contributed by atoms with Gasteiger partial charge in [-0.3, -0.25) is 0 Å². The smallest absolute Gasteiger partial charge is 0.0422 e. The van der Waals surface area contributed by atoms with Gasteiger partial charge in [-0.05, 0) is 29.3 Å². The van der Waals surface area contributed by atoms with Gasteiger partial charge in [-0.25, -0.2) is 0 Å². The summed E-state index contributed by atoms with van der Waals surface area (Å²) < 4.78 is 1.11. The Bertz CT molecular complexity index is 722. The summed E-state index contributed by atoms with van der Waals surface area (Å²) in [5, 5.41) is 3.53. The third-order valence-corrected chi connectivity index (χ3v) is 3.88. The highest BCUT2D eigenvalue weighted by Crippen LogP contribution is 2.28. The molecule has 2 heteroatoms. The molecule has 0 atom stereocenters. The minimum atomic E-state index is 0.809. The van der Waals surface area contributed by atoms with Crippen molar-refractivity contribution in [1.82, 2.24) is 0 Å². The molecule has 0 saturated carbocycles. The quantitative estimate of drug-likeness (QED) is 0.641. The van der Waals surface area contributed by atoms with Gasteiger partial charge in [-0.1, -0.05) is 76.6 Å². The first-order valence-electron chi connectivity index (χ1n) is 6.96. The molecule has 0 fully saturated rings. The molecule has 0 heterocycles. The van der Waals surface area contributed by atoms with Gasteiger partial charge < -0.3 is 5.32 Å². The lowest BCUT2D eigenvalue weighted by Crippen LogP contribution is -2.00. The molecular formula is C19H16BrN. The van der Waals surface area contributed by atoms with Gasteiger partial charge in [0.1, 0.15) is 0 Å². The molecule has 21 heavy (non-hydrogen) atoms. The molecule has 3 aromatic carbocycles. The van der Waals surface area contributed by atoms with E-state index in [-0.39, 0.29) is 0 Å². The van der Waals surface area contributed by atoms with Crippen LogP contribution in [0.2, 0.25) is 0 Å². The van der Waals surface area contributed by atoms with E-state index in [1.54, 1.807) is 0 Å². The molecule has 0 aliphatic rings. The molecule has 0 amide bonds. The van der Waals surface area contributed by atoms with E-state index in [4.69, 9.17) is 0 Å². The molecule has 0 aromatic heterocycles. The maximum absolute atomic E-state index is 3.53. The zero-order valence-corrected chi connectivity index (χ0v) is 13.2. The average molecular weight is 338 g/mol. The SMILES string of the molecule is Brc1cccc(CNc2ccccc2-c2ccccc2)c1. The molecule has 0 radical (unpaired) electrons. The summed E-state index contributed by atoms with van der Waals surface area (Å²) in [7, 11) is 0. The van der Waals surface area contributed by atoms with E-state index in [2.05, 4.69) is 88.0 Å². The Morgan fingerprint density at radius 2 is 1.52 bits per heavy atom. The van der Waals surface area contributed by atoms with E-state index in [1.165, 1.54) is 16.7 Å². The summed E-state index contributed by atoms with van der Waals surface area (Å²) >= 11 is 3.51. The molecule has 3 aromatic rings. The van der Waals surface area contributed by atoms with Crippen LogP contribution in [-0.4, -0.2) is 0 Å². The third-order valence-electron chi connectivity index (χ3n) is 3.38. The van der Waals surface area contributed by atoms with Crippen LogP contribution in [0.3, 0.4) is 0 Å². The summed E-state index contributed by atoms with van der Waals surface area (Å²) in [4.78, 5) is 0. The summed E-state index contributed by atoms with van der Waals surface area (Å²) in [6.07, 6.45) is 0. The van der Waals surface area contributed by atoms with Gasteiger partial charge in [0.2, 0.25) is 0 Å². The fraction of sp³-hybridized carbons (Fsp3) is 0.0526. The van der Waals surface area contributed by atoms with Crippen LogP contribution in [0.15, 0.2) is 83.3 Å². The van der Waals surface area contributed by atoms with Gasteiger partial charge in [0.15, 0.2) is 0 Å². The Morgan fingerprint density at radius 3 is 2.33 bits per heavy atom. The molecule has 3 rings (SSSR count). The van der Waals surface area contributed by atoms with Crippen LogP contribution in [0.25, 0.3) is 11.1 Å². The molecule has 0 saturated heterocycles. The largest absolute Gasteiger partial charge is 0.380 e. The average Bonchev–Trinajstić information content (AvgIpc) is 2.54. The lowest BCUT2D eigenvalue weighted by atomic mass is 10.0. The van der Waals surface area contributed by atoms with E-state index in [0.717, 1.165) is 16.7 Å². The molecule has 104 valence electrons. The van der Waals surface area contributed by atoms with Crippen molar-refractivity contribution in [1.29, 1.82) is 0 Å². The Labute approximate surface area is 133 Å². The predicted molar refractivity (Wildman–Crippen MR) is 93.3 cm³/mol. The van der Waals surface area contributed by atoms with Crippen molar-refractivity contribution >= 4 is 21.6 Å². The molecule has 0 aliphatic heterocycles. The first-order valence-corrected chi connectivity index (χ1v) is 7.75. The van der Waals surface area contributed by atoms with Crippen molar-refractivity contribution in [2.24, 2.45) is 0 Å². The Balaban J connectivity index is 1.83. The van der Waals surface area contributed by atoms with Gasteiger partial charge in [0.25, 0.3) is 0 Å². The van der Waals surface area contributed by atoms with Crippen LogP contribution in [0.4, 0.5) is 5.69 Å². The van der Waals surface area contributed by atoms with Gasteiger partial charge in [0, 0.05) is 22.3 Å². The van der Waals surface area contributed by atoms with E-state index < -0.39 is 0 Å². The standard InChI is InChI=1S/C19H16BrN/c20-17-10-6-7-15(13-17)14-21-19-12-5-4-11-18(19)16-8-2-1-3-9-16/h1-13,21H,14H2. The summed E-state index contributed by atoms with van der Waals surface area (Å²) in [5.74, 6) is 0. The minimum absolute atomic E-state index is 0.809. The van der Waals surface area contributed by atoms with Crippen LogP contribution in [0.5, 0.6) is 0 Å². The number of rotatable bonds is 4. The van der Waals surface area contributed by atoms with Crippen molar-refractivity contribution in [3.8, 4) is 11.1 Å². The second kappa shape index (κ2) is 6.59. The monoisotopic (exact) mass is 337 g/mol. The maximum atomic E-state index is 3.53. The van der Waals surface area contributed by atoms with E-state index in [0.29, 0.717) is 0 Å². The van der Waals surface area contributed by atoms with Gasteiger partial charge in [-0.2, -0.15) is 0 Å². The molecule has 0 spiro atoms. The van der Waals surface area contributed by atoms with Crippen molar-refractivity contribution < 1.29 is 0 Å². The number of nitrogens with one attached hydrogen (secondary N) is 1. The highest BCUT2D eigenvalue weighted by atomic mass is 79.9. The minimum Gasteiger partial charge on any atom is -0.380 e. The van der Waals surface area contributed by atoms with Crippen LogP contribution in [-0.2, 0) is 6.54 Å². The summed E-state index contributed by atoms with van der Waals surface area (Å²) in [6.45, 7) is 0.809. The number of anilines is 1. The molecule has 0 aliphatic carbocycles. The first kappa shape index (κ1) is 13.9. The number of hydrogen-bond acceptors (Lipinski definition) is 1. The normalized spacial score (nSPS) is 10.3. The van der Waals surface area contributed by atoms with Crippen LogP contribution < -0.4 is 5.32 Å². The lowest BCUT2D eigenvalue weighted by Gasteiger charge is -2.12. The number of halogens is 1. The van der Waals surface area contributed by atoms with E-state index in [9.17, 15) is 0 Å². The Hall–Kier alpha value is -2.06. The predicted octanol–water partition coefficient (Wildman–Crippen LogP) is 5.73. The van der Waals surface area contributed by atoms with E-state index >= 15 is 0 Å². The van der Waals surface area contributed by atoms with Crippen molar-refractivity contribution in [3.05, 3.63) is 88.9 Å². The first-order chi connectivity index (χ1) is 10.3. The second-order valence-electron chi connectivity index (χ2n) is 4.90. The third kappa shape index (κ3) is 3.53. The number of hydrogen-bond donors (Lipinski definition) is 1. The Kier molecular flexibility index (Phi) is 4.37. The fourth-order valence-corrected chi connectivity index (χ4v) is 2.80. The molecule has 0 unspecified atom stereocenters. The van der Waals surface area contributed by atoms with Gasteiger partial charge in [0.05, 0.1) is 0 Å². The van der Waals surface area contributed by atoms with Crippen molar-refractivity contribution in [2.75, 3.05) is 5.32 Å². The molecule has 1 nitrogen and oxygen atoms in total. The van der Waals surface area contributed by atoms with Crippen molar-refractivity contribution in [2.45, 2.75) is 6.54 Å². The van der Waals surface area contributed by atoms with Crippen LogP contribution >= 0.6 is 15.9 Å². The van der Waals surface area contributed by atoms with Gasteiger partial charge in [-0.15, -0.1) is 0 Å². The molecule has 1 N–H and O–H groups in total. The van der Waals surface area contributed by atoms with Crippen LogP contribution in [0, 0.1) is 0 Å². The highest BCUT2D eigenvalue weighted by molar-refractivity contribution is 9.10. The second-order valence-corrected chi connectivity index (χ2v) is 5.81. The van der Waals surface area contributed by atoms with Crippen molar-refractivity contribution in [3.63, 3.8) is 0 Å². The lowest BCUT2D eigenvalue weighted by molar-refractivity contribution is 1.15. The number of para-hydroxylation sites is 1. The maximum Gasteiger partial charge on any atom is 0.0422 e. The fourth-order valence-electron chi connectivity index (χ4n) is 2.35. The summed E-state index contributed by atoms with van der Waals surface area (Å²) in [6, 6.07) is 27.2. The molecular weight excluding hydrogens is 322 g/mol. The Morgan fingerprint density at radius 1 is 0.762 bits per heavy atom. The molecule has 0 bridgehead atoms. The zero-order valence-electron chi connectivity index (χ0n) is 11.6. The van der Waals surface area contributed by atoms with Crippen LogP contribution in [0.1, 0.15) is 5.56 Å².